The Kier molecular flexibility index (Phi) is 2.72. The SMILES string of the molecule is O=Cc1nnc(-c2ccc(C(F)F)cc2)o1. The fourth-order valence-electron chi connectivity index (χ4n) is 1.17. The highest BCUT2D eigenvalue weighted by Crippen LogP contribution is 2.23. The zero-order valence-electron chi connectivity index (χ0n) is 7.93. The standard InChI is InChI=1S/C10H6F2N2O2/c11-9(12)6-1-3-7(4-2-6)10-14-13-8(5-15)16-10/h1-5,9H. The molecule has 1 heterocycles. The highest BCUT2D eigenvalue weighted by Gasteiger charge is 2.10. The van der Waals surface area contributed by atoms with E-state index in [1.165, 1.54) is 24.3 Å². The fraction of sp³-hybridized carbons (Fsp3) is 0.100. The van der Waals surface area contributed by atoms with Gasteiger partial charge in [-0.3, -0.25) is 4.79 Å². The summed E-state index contributed by atoms with van der Waals surface area (Å²) < 4.78 is 29.5. The van der Waals surface area contributed by atoms with Gasteiger partial charge in [-0.1, -0.05) is 12.1 Å². The van der Waals surface area contributed by atoms with Crippen molar-refractivity contribution in [3.05, 3.63) is 35.7 Å². The molecule has 0 fully saturated rings. The molecule has 0 saturated heterocycles. The number of aromatic nitrogens is 2. The van der Waals surface area contributed by atoms with Crippen LogP contribution in [0.2, 0.25) is 0 Å². The number of aldehydes is 1. The van der Waals surface area contributed by atoms with E-state index in [4.69, 9.17) is 4.42 Å². The first-order valence-electron chi connectivity index (χ1n) is 4.38. The van der Waals surface area contributed by atoms with Crippen molar-refractivity contribution in [3.8, 4) is 11.5 Å². The quantitative estimate of drug-likeness (QED) is 0.751. The van der Waals surface area contributed by atoms with Crippen LogP contribution in [-0.2, 0) is 0 Å². The molecule has 4 nitrogen and oxygen atoms in total. The molecule has 6 heteroatoms. The van der Waals surface area contributed by atoms with Gasteiger partial charge in [0.15, 0.2) is 0 Å². The van der Waals surface area contributed by atoms with Crippen LogP contribution < -0.4 is 0 Å². The lowest BCUT2D eigenvalue weighted by Crippen LogP contribution is -1.84. The second-order valence-electron chi connectivity index (χ2n) is 2.99. The van der Waals surface area contributed by atoms with Gasteiger partial charge in [0.2, 0.25) is 12.2 Å². The summed E-state index contributed by atoms with van der Waals surface area (Å²) in [6.45, 7) is 0. The number of carbonyl (C=O) groups is 1. The molecule has 16 heavy (non-hydrogen) atoms. The Balaban J connectivity index is 2.30. The van der Waals surface area contributed by atoms with Crippen molar-refractivity contribution >= 4 is 6.29 Å². The van der Waals surface area contributed by atoms with Crippen molar-refractivity contribution in [1.82, 2.24) is 10.2 Å². The van der Waals surface area contributed by atoms with E-state index in [1.807, 2.05) is 0 Å². The van der Waals surface area contributed by atoms with Crippen molar-refractivity contribution < 1.29 is 18.0 Å². The lowest BCUT2D eigenvalue weighted by molar-refractivity contribution is 0.109. The third-order valence-electron chi connectivity index (χ3n) is 1.95. The molecule has 82 valence electrons. The van der Waals surface area contributed by atoms with Gasteiger partial charge in [0, 0.05) is 11.1 Å². The van der Waals surface area contributed by atoms with E-state index in [1.54, 1.807) is 0 Å². The minimum absolute atomic E-state index is 0.0844. The Bertz CT molecular complexity index is 494. The van der Waals surface area contributed by atoms with Gasteiger partial charge in [-0.05, 0) is 12.1 Å². The number of halogens is 2. The van der Waals surface area contributed by atoms with Crippen LogP contribution in [0.1, 0.15) is 22.7 Å². The lowest BCUT2D eigenvalue weighted by atomic mass is 10.1. The van der Waals surface area contributed by atoms with Gasteiger partial charge in [0.1, 0.15) is 0 Å². The average Bonchev–Trinajstić information content (AvgIpc) is 2.77. The predicted octanol–water partition coefficient (Wildman–Crippen LogP) is 2.49. The molecule has 0 unspecified atom stereocenters. The summed E-state index contributed by atoms with van der Waals surface area (Å²) in [6, 6.07) is 5.41. The molecule has 0 spiro atoms. The van der Waals surface area contributed by atoms with Crippen molar-refractivity contribution in [2.45, 2.75) is 6.43 Å². The molecule has 2 rings (SSSR count). The predicted molar refractivity (Wildman–Crippen MR) is 50.1 cm³/mol. The van der Waals surface area contributed by atoms with E-state index in [0.717, 1.165) is 0 Å². The van der Waals surface area contributed by atoms with E-state index in [9.17, 15) is 13.6 Å². The summed E-state index contributed by atoms with van der Waals surface area (Å²) in [7, 11) is 0. The first-order valence-corrected chi connectivity index (χ1v) is 4.38. The Morgan fingerprint density at radius 2 is 1.88 bits per heavy atom. The zero-order valence-corrected chi connectivity index (χ0v) is 7.93. The summed E-state index contributed by atoms with van der Waals surface area (Å²) in [5.74, 6) is -0.0177. The molecule has 0 aliphatic carbocycles. The van der Waals surface area contributed by atoms with Crippen molar-refractivity contribution in [2.24, 2.45) is 0 Å². The molecule has 0 aliphatic rings. The van der Waals surface area contributed by atoms with Crippen molar-refractivity contribution in [1.29, 1.82) is 0 Å². The third-order valence-corrected chi connectivity index (χ3v) is 1.95. The van der Waals surface area contributed by atoms with Crippen LogP contribution in [0.4, 0.5) is 8.78 Å². The molecule has 0 amide bonds. The largest absolute Gasteiger partial charge is 0.414 e. The number of alkyl halides is 2. The number of benzene rings is 1. The second-order valence-corrected chi connectivity index (χ2v) is 2.99. The second kappa shape index (κ2) is 4.18. The monoisotopic (exact) mass is 224 g/mol. The first kappa shape index (κ1) is 10.4. The van der Waals surface area contributed by atoms with Crippen LogP contribution in [0, 0.1) is 0 Å². The van der Waals surface area contributed by atoms with E-state index in [-0.39, 0.29) is 17.3 Å². The molecule has 0 N–H and O–H groups in total. The molecule has 0 aliphatic heterocycles. The zero-order chi connectivity index (χ0) is 11.5. The van der Waals surface area contributed by atoms with E-state index in [0.29, 0.717) is 11.8 Å². The van der Waals surface area contributed by atoms with Gasteiger partial charge in [-0.25, -0.2) is 8.78 Å². The maximum atomic E-state index is 12.3. The number of hydrogen-bond donors (Lipinski definition) is 0. The fourth-order valence-corrected chi connectivity index (χ4v) is 1.17. The Morgan fingerprint density at radius 1 is 1.19 bits per heavy atom. The summed E-state index contributed by atoms with van der Waals surface area (Å²) in [6.07, 6.45) is -2.09. The number of hydrogen-bond acceptors (Lipinski definition) is 4. The maximum Gasteiger partial charge on any atom is 0.280 e. The Morgan fingerprint density at radius 3 is 2.38 bits per heavy atom. The molecule has 2 aromatic rings. The van der Waals surface area contributed by atoms with Crippen molar-refractivity contribution in [2.75, 3.05) is 0 Å². The minimum Gasteiger partial charge on any atom is -0.414 e. The number of rotatable bonds is 3. The molecule has 1 aromatic carbocycles. The molecular formula is C10H6F2N2O2. The van der Waals surface area contributed by atoms with Gasteiger partial charge in [0.25, 0.3) is 12.3 Å². The molecule has 0 saturated carbocycles. The van der Waals surface area contributed by atoms with Crippen LogP contribution in [0.5, 0.6) is 0 Å². The molecule has 0 radical (unpaired) electrons. The van der Waals surface area contributed by atoms with Crippen LogP contribution in [0.15, 0.2) is 28.7 Å². The van der Waals surface area contributed by atoms with Gasteiger partial charge in [0.05, 0.1) is 0 Å². The third kappa shape index (κ3) is 1.95. The van der Waals surface area contributed by atoms with E-state index in [2.05, 4.69) is 10.2 Å². The molecule has 0 atom stereocenters. The summed E-state index contributed by atoms with van der Waals surface area (Å²) >= 11 is 0. The smallest absolute Gasteiger partial charge is 0.280 e. The van der Waals surface area contributed by atoms with E-state index >= 15 is 0 Å². The van der Waals surface area contributed by atoms with Crippen molar-refractivity contribution in [3.63, 3.8) is 0 Å². The van der Waals surface area contributed by atoms with Crippen LogP contribution in [0.3, 0.4) is 0 Å². The minimum atomic E-state index is -2.51. The summed E-state index contributed by atoms with van der Waals surface area (Å²) in [5, 5.41) is 7.03. The van der Waals surface area contributed by atoms with Gasteiger partial charge < -0.3 is 4.42 Å². The summed E-state index contributed by atoms with van der Waals surface area (Å²) in [5.41, 5.74) is 0.406. The Labute approximate surface area is 88.9 Å². The van der Waals surface area contributed by atoms with Crippen LogP contribution >= 0.6 is 0 Å². The van der Waals surface area contributed by atoms with Crippen LogP contribution in [0.25, 0.3) is 11.5 Å². The normalized spacial score (nSPS) is 10.7. The van der Waals surface area contributed by atoms with Gasteiger partial charge >= 0.3 is 0 Å². The lowest BCUT2D eigenvalue weighted by Gasteiger charge is -1.99. The molecule has 0 bridgehead atoms. The number of nitrogens with zero attached hydrogens (tertiary/aromatic N) is 2. The number of carbonyl (C=O) groups excluding carboxylic acids is 1. The van der Waals surface area contributed by atoms with Gasteiger partial charge in [-0.2, -0.15) is 0 Å². The highest BCUT2D eigenvalue weighted by molar-refractivity contribution is 5.68. The maximum absolute atomic E-state index is 12.3. The Hall–Kier alpha value is -2.11. The molecule has 1 aromatic heterocycles. The van der Waals surface area contributed by atoms with Crippen LogP contribution in [-0.4, -0.2) is 16.5 Å². The molecular weight excluding hydrogens is 218 g/mol. The van der Waals surface area contributed by atoms with E-state index < -0.39 is 6.43 Å². The topological polar surface area (TPSA) is 56.0 Å². The summed E-state index contributed by atoms with van der Waals surface area (Å²) in [4.78, 5) is 10.3. The first-order chi connectivity index (χ1) is 7.70. The average molecular weight is 224 g/mol. The highest BCUT2D eigenvalue weighted by atomic mass is 19.3. The van der Waals surface area contributed by atoms with Gasteiger partial charge in [-0.15, -0.1) is 10.2 Å².